The maximum absolute atomic E-state index is 13.8. The Morgan fingerprint density at radius 3 is 1.36 bits per heavy atom. The van der Waals surface area contributed by atoms with Crippen LogP contribution in [0.1, 0.15) is 49.9 Å². The van der Waals surface area contributed by atoms with Gasteiger partial charge in [-0.1, -0.05) is 119 Å². The van der Waals surface area contributed by atoms with Crippen LogP contribution in [0.3, 0.4) is 0 Å². The fourth-order valence-corrected chi connectivity index (χ4v) is 9.79. The third-order valence-electron chi connectivity index (χ3n) is 12.1. The predicted molar refractivity (Wildman–Crippen MR) is 212 cm³/mol. The highest BCUT2D eigenvalue weighted by Gasteiger charge is 2.47. The molecule has 0 radical (unpaired) electrons. The standard InChI is InChI=1S/C49H36F6/c1-27(2)47(28(3)4)42-13-9-8-12-34(42)40-25-38(30-14-18-32(19-15-30)48(50,51)52)36-23-22-35-37(29-10-6-5-7-11-29)24-39(31-16-20-33(21-17-31)49(53,54)55)41-26-43(47)45(40)46(36)44(35)41/h5-28H,1-4H3. The van der Waals surface area contributed by atoms with Gasteiger partial charge in [0.1, 0.15) is 0 Å². The van der Waals surface area contributed by atoms with E-state index in [0.29, 0.717) is 11.1 Å². The molecule has 0 atom stereocenters. The van der Waals surface area contributed by atoms with Crippen LogP contribution >= 0.6 is 0 Å². The summed E-state index contributed by atoms with van der Waals surface area (Å²) in [5.41, 5.74) is 7.43. The van der Waals surface area contributed by atoms with Gasteiger partial charge in [0.25, 0.3) is 0 Å². The summed E-state index contributed by atoms with van der Waals surface area (Å²) in [5, 5.41) is 5.90. The maximum Gasteiger partial charge on any atom is 0.416 e. The Bertz CT molecular complexity index is 2740. The summed E-state index contributed by atoms with van der Waals surface area (Å²) in [6.07, 6.45) is -8.95. The summed E-state index contributed by atoms with van der Waals surface area (Å²) in [6.45, 7) is 9.01. The lowest BCUT2D eigenvalue weighted by Crippen LogP contribution is -2.41. The first-order valence-electron chi connectivity index (χ1n) is 18.5. The normalized spacial score (nSPS) is 14.1. The molecule has 0 fully saturated rings. The highest BCUT2D eigenvalue weighted by atomic mass is 19.4. The minimum atomic E-state index is -4.48. The molecule has 55 heavy (non-hydrogen) atoms. The SMILES string of the molecule is CC(C)C1(C(C)C)c2ccccc2-c2cc(-c3ccc(C(F)(F)F)cc3)c3ccc4c(-c5ccccc5)cc(-c5ccc(C(F)(F)F)cc5)c5cc1c2c3c45. The van der Waals surface area contributed by atoms with Crippen LogP contribution in [-0.4, -0.2) is 0 Å². The fraction of sp³-hybridized carbons (Fsp3) is 0.184. The van der Waals surface area contributed by atoms with Gasteiger partial charge in [-0.3, -0.25) is 0 Å². The van der Waals surface area contributed by atoms with Gasteiger partial charge in [0.2, 0.25) is 0 Å². The van der Waals surface area contributed by atoms with Crippen LogP contribution < -0.4 is 0 Å². The van der Waals surface area contributed by atoms with Crippen LogP contribution in [0.4, 0.5) is 26.3 Å². The van der Waals surface area contributed by atoms with E-state index >= 15 is 0 Å². The first-order chi connectivity index (χ1) is 26.2. The third kappa shape index (κ3) is 5.13. The molecule has 0 amide bonds. The van der Waals surface area contributed by atoms with Gasteiger partial charge in [-0.05, 0) is 142 Å². The Hall–Kier alpha value is -5.62. The highest BCUT2D eigenvalue weighted by molar-refractivity contribution is 6.33. The zero-order chi connectivity index (χ0) is 38.6. The number of fused-ring (bicyclic) bond motifs is 2. The quantitative estimate of drug-likeness (QED) is 0.122. The first kappa shape index (κ1) is 35.1. The largest absolute Gasteiger partial charge is 0.416 e. The molecule has 0 unspecified atom stereocenters. The van der Waals surface area contributed by atoms with Crippen molar-refractivity contribution in [3.63, 3.8) is 0 Å². The second kappa shape index (κ2) is 12.2. The van der Waals surface area contributed by atoms with Gasteiger partial charge in [-0.2, -0.15) is 26.3 Å². The van der Waals surface area contributed by atoms with Crippen molar-refractivity contribution in [1.82, 2.24) is 0 Å². The van der Waals surface area contributed by atoms with Crippen molar-refractivity contribution in [3.8, 4) is 44.5 Å². The molecule has 0 aromatic heterocycles. The average Bonchev–Trinajstić information content (AvgIpc) is 3.17. The van der Waals surface area contributed by atoms with Crippen molar-refractivity contribution >= 4 is 32.3 Å². The van der Waals surface area contributed by atoms with Crippen molar-refractivity contribution in [3.05, 3.63) is 156 Å². The van der Waals surface area contributed by atoms with Crippen molar-refractivity contribution < 1.29 is 26.3 Å². The number of halogens is 6. The lowest BCUT2D eigenvalue weighted by Gasteiger charge is -2.47. The molecule has 8 aromatic carbocycles. The molecule has 274 valence electrons. The molecule has 6 heteroatoms. The molecule has 0 N–H and O–H groups in total. The average molecular weight is 739 g/mol. The Morgan fingerprint density at radius 2 is 0.836 bits per heavy atom. The molecule has 8 aromatic rings. The van der Waals surface area contributed by atoms with Crippen LogP contribution in [-0.2, 0) is 17.8 Å². The molecule has 1 aliphatic carbocycles. The summed E-state index contributed by atoms with van der Waals surface area (Å²) in [7, 11) is 0. The number of hydrogen-bond acceptors (Lipinski definition) is 0. The maximum atomic E-state index is 13.8. The van der Waals surface area contributed by atoms with E-state index in [9.17, 15) is 26.3 Å². The third-order valence-corrected chi connectivity index (χ3v) is 12.1. The molecule has 0 spiro atoms. The first-order valence-corrected chi connectivity index (χ1v) is 18.5. The lowest BCUT2D eigenvalue weighted by molar-refractivity contribution is -0.138. The van der Waals surface area contributed by atoms with E-state index in [1.807, 2.05) is 36.4 Å². The topological polar surface area (TPSA) is 0 Å². The molecule has 9 rings (SSSR count). The second-order valence-corrected chi connectivity index (χ2v) is 15.4. The van der Waals surface area contributed by atoms with Crippen LogP contribution in [0.15, 0.2) is 133 Å². The second-order valence-electron chi connectivity index (χ2n) is 15.4. The van der Waals surface area contributed by atoms with Crippen molar-refractivity contribution in [2.45, 2.75) is 45.5 Å². The van der Waals surface area contributed by atoms with E-state index in [-0.39, 0.29) is 11.8 Å². The minimum absolute atomic E-state index is 0.150. The van der Waals surface area contributed by atoms with Gasteiger partial charge < -0.3 is 0 Å². The molecule has 0 heterocycles. The summed E-state index contributed by atoms with van der Waals surface area (Å²) in [4.78, 5) is 0. The minimum Gasteiger partial charge on any atom is -0.166 e. The van der Waals surface area contributed by atoms with Crippen LogP contribution in [0.2, 0.25) is 0 Å². The van der Waals surface area contributed by atoms with E-state index < -0.39 is 28.9 Å². The number of benzene rings is 8. The van der Waals surface area contributed by atoms with Gasteiger partial charge >= 0.3 is 12.4 Å². The summed E-state index contributed by atoms with van der Waals surface area (Å²) in [6, 6.07) is 39.9. The highest BCUT2D eigenvalue weighted by Crippen LogP contribution is 2.60. The summed E-state index contributed by atoms with van der Waals surface area (Å²) >= 11 is 0. The molecule has 0 bridgehead atoms. The van der Waals surface area contributed by atoms with Gasteiger partial charge in [-0.25, -0.2) is 0 Å². The zero-order valence-corrected chi connectivity index (χ0v) is 30.6. The molecular weight excluding hydrogens is 703 g/mol. The van der Waals surface area contributed by atoms with Crippen LogP contribution in [0, 0.1) is 11.8 Å². The van der Waals surface area contributed by atoms with Gasteiger partial charge in [0.05, 0.1) is 11.1 Å². The van der Waals surface area contributed by atoms with E-state index in [4.69, 9.17) is 0 Å². The Labute approximate surface area is 315 Å². The predicted octanol–water partition coefficient (Wildman–Crippen LogP) is 15.2. The number of alkyl halides is 6. The van der Waals surface area contributed by atoms with E-state index in [2.05, 4.69) is 76.2 Å². The molecule has 0 nitrogen and oxygen atoms in total. The van der Waals surface area contributed by atoms with Crippen molar-refractivity contribution in [1.29, 1.82) is 0 Å². The fourth-order valence-electron chi connectivity index (χ4n) is 9.79. The van der Waals surface area contributed by atoms with Gasteiger partial charge in [-0.15, -0.1) is 0 Å². The molecule has 0 saturated carbocycles. The Balaban J connectivity index is 1.51. The number of hydrogen-bond donors (Lipinski definition) is 0. The molecule has 0 saturated heterocycles. The van der Waals surface area contributed by atoms with Crippen LogP contribution in [0.25, 0.3) is 76.8 Å². The van der Waals surface area contributed by atoms with E-state index in [1.165, 1.54) is 5.56 Å². The van der Waals surface area contributed by atoms with Gasteiger partial charge in [0.15, 0.2) is 0 Å². The summed E-state index contributed by atoms with van der Waals surface area (Å²) in [5.74, 6) is 0.299. The zero-order valence-electron chi connectivity index (χ0n) is 30.6. The Kier molecular flexibility index (Phi) is 7.78. The number of rotatable bonds is 5. The summed E-state index contributed by atoms with van der Waals surface area (Å²) < 4.78 is 82.8. The monoisotopic (exact) mass is 738 g/mol. The van der Waals surface area contributed by atoms with Crippen molar-refractivity contribution in [2.75, 3.05) is 0 Å². The Morgan fingerprint density at radius 1 is 0.382 bits per heavy atom. The molecule has 1 aliphatic rings. The van der Waals surface area contributed by atoms with E-state index in [1.54, 1.807) is 24.3 Å². The van der Waals surface area contributed by atoms with Gasteiger partial charge in [0, 0.05) is 5.41 Å². The molecular formula is C49H36F6. The van der Waals surface area contributed by atoms with Crippen molar-refractivity contribution in [2.24, 2.45) is 11.8 Å². The van der Waals surface area contributed by atoms with Crippen LogP contribution in [0.5, 0.6) is 0 Å². The van der Waals surface area contributed by atoms with E-state index in [0.717, 1.165) is 95.5 Å². The molecule has 0 aliphatic heterocycles. The lowest BCUT2D eigenvalue weighted by atomic mass is 9.55. The smallest absolute Gasteiger partial charge is 0.166 e.